The summed E-state index contributed by atoms with van der Waals surface area (Å²) in [4.78, 5) is 13.2. The van der Waals surface area contributed by atoms with Crippen molar-refractivity contribution in [1.29, 1.82) is 0 Å². The van der Waals surface area contributed by atoms with E-state index in [1.165, 1.54) is 0 Å². The fraction of sp³-hybridized carbons (Fsp3) is 0.545. The van der Waals surface area contributed by atoms with Crippen molar-refractivity contribution in [3.8, 4) is 0 Å². The lowest BCUT2D eigenvalue weighted by atomic mass is 10.1. The number of unbranched alkanes of at least 4 members (excludes halogenated alkanes) is 1. The van der Waals surface area contributed by atoms with E-state index in [2.05, 4.69) is 48.1 Å². The molecule has 2 aromatic rings. The van der Waals surface area contributed by atoms with Crippen LogP contribution in [0.5, 0.6) is 0 Å². The summed E-state index contributed by atoms with van der Waals surface area (Å²) in [5.41, 5.74) is 2.78. The summed E-state index contributed by atoms with van der Waals surface area (Å²) in [5, 5.41) is 0. The SMILES string of the molecule is C=CCCCO[C@H]1O[C@H](CO[Si](C(C)C)(C(C)C)C(C)C)[C@@H](OCc2ccccc2)[C@@H]1OC(=O)c1ccccc1. The van der Waals surface area contributed by atoms with Crippen LogP contribution in [-0.4, -0.2) is 52.1 Å². The minimum absolute atomic E-state index is 0.353. The Morgan fingerprint density at radius 2 is 1.50 bits per heavy atom. The van der Waals surface area contributed by atoms with Crippen molar-refractivity contribution < 1.29 is 28.2 Å². The van der Waals surface area contributed by atoms with Gasteiger partial charge >= 0.3 is 5.97 Å². The van der Waals surface area contributed by atoms with Crippen LogP contribution in [0.4, 0.5) is 0 Å². The number of hydrogen-bond acceptors (Lipinski definition) is 6. The lowest BCUT2D eigenvalue weighted by Crippen LogP contribution is -2.50. The van der Waals surface area contributed by atoms with Crippen LogP contribution in [0.15, 0.2) is 73.3 Å². The molecule has 7 heteroatoms. The lowest BCUT2D eigenvalue weighted by molar-refractivity contribution is -0.170. The average molecular weight is 569 g/mol. The minimum Gasteiger partial charge on any atom is -0.450 e. The van der Waals surface area contributed by atoms with Crippen LogP contribution in [0.3, 0.4) is 0 Å². The molecule has 0 aliphatic carbocycles. The van der Waals surface area contributed by atoms with Crippen molar-refractivity contribution in [2.24, 2.45) is 0 Å². The zero-order chi connectivity index (χ0) is 29.1. The first-order chi connectivity index (χ1) is 19.2. The third-order valence-electron chi connectivity index (χ3n) is 7.84. The number of hydrogen-bond donors (Lipinski definition) is 0. The average Bonchev–Trinajstić information content (AvgIpc) is 3.26. The Labute approximate surface area is 242 Å². The predicted molar refractivity (Wildman–Crippen MR) is 162 cm³/mol. The van der Waals surface area contributed by atoms with Crippen molar-refractivity contribution in [2.45, 2.75) is 102 Å². The second-order valence-corrected chi connectivity index (χ2v) is 16.9. The largest absolute Gasteiger partial charge is 0.450 e. The van der Waals surface area contributed by atoms with E-state index in [4.69, 9.17) is 23.4 Å². The maximum Gasteiger partial charge on any atom is 0.338 e. The third-order valence-corrected chi connectivity index (χ3v) is 13.9. The van der Waals surface area contributed by atoms with Crippen molar-refractivity contribution in [3.05, 3.63) is 84.4 Å². The van der Waals surface area contributed by atoms with Crippen molar-refractivity contribution in [2.75, 3.05) is 13.2 Å². The molecule has 2 aromatic carbocycles. The van der Waals surface area contributed by atoms with Crippen LogP contribution in [-0.2, 0) is 30.0 Å². The van der Waals surface area contributed by atoms with Gasteiger partial charge in [-0.2, -0.15) is 0 Å². The number of benzene rings is 2. The summed E-state index contributed by atoms with van der Waals surface area (Å²) in [6.07, 6.45) is 0.959. The summed E-state index contributed by atoms with van der Waals surface area (Å²) in [5.74, 6) is -0.431. The minimum atomic E-state index is -2.17. The first-order valence-electron chi connectivity index (χ1n) is 14.6. The molecular formula is C33H48O6Si. The Morgan fingerprint density at radius 3 is 2.08 bits per heavy atom. The van der Waals surface area contributed by atoms with Gasteiger partial charge in [0.25, 0.3) is 0 Å². The first-order valence-corrected chi connectivity index (χ1v) is 16.8. The van der Waals surface area contributed by atoms with Crippen LogP contribution < -0.4 is 0 Å². The van der Waals surface area contributed by atoms with Crippen LogP contribution in [0.1, 0.15) is 70.3 Å². The van der Waals surface area contributed by atoms with Gasteiger partial charge < -0.3 is 23.4 Å². The molecule has 0 unspecified atom stereocenters. The van der Waals surface area contributed by atoms with Crippen molar-refractivity contribution in [3.63, 3.8) is 0 Å². The van der Waals surface area contributed by atoms with Crippen LogP contribution in [0.25, 0.3) is 0 Å². The van der Waals surface area contributed by atoms with Gasteiger partial charge in [0, 0.05) is 0 Å². The van der Waals surface area contributed by atoms with Crippen molar-refractivity contribution >= 4 is 14.3 Å². The molecule has 0 bridgehead atoms. The summed E-state index contributed by atoms with van der Waals surface area (Å²) >= 11 is 0. The summed E-state index contributed by atoms with van der Waals surface area (Å²) in [6, 6.07) is 19.0. The monoisotopic (exact) mass is 568 g/mol. The second kappa shape index (κ2) is 15.6. The molecule has 1 aliphatic rings. The highest BCUT2D eigenvalue weighted by Gasteiger charge is 2.51. The number of allylic oxidation sites excluding steroid dienone is 1. The molecule has 1 saturated heterocycles. The maximum atomic E-state index is 13.2. The maximum absolute atomic E-state index is 13.2. The molecule has 0 N–H and O–H groups in total. The molecule has 3 rings (SSSR count). The van der Waals surface area contributed by atoms with Gasteiger partial charge in [-0.1, -0.05) is 96.1 Å². The van der Waals surface area contributed by atoms with E-state index in [0.29, 0.717) is 42.0 Å². The Kier molecular flexibility index (Phi) is 12.6. The van der Waals surface area contributed by atoms with Gasteiger partial charge in [-0.05, 0) is 47.2 Å². The molecule has 1 aliphatic heterocycles. The zero-order valence-corrected chi connectivity index (χ0v) is 26.1. The topological polar surface area (TPSA) is 63.2 Å². The molecule has 0 aromatic heterocycles. The highest BCUT2D eigenvalue weighted by Crippen LogP contribution is 2.43. The molecule has 40 heavy (non-hydrogen) atoms. The molecule has 1 fully saturated rings. The molecular weight excluding hydrogens is 520 g/mol. The number of rotatable bonds is 16. The van der Waals surface area contributed by atoms with Crippen LogP contribution in [0.2, 0.25) is 16.6 Å². The van der Waals surface area contributed by atoms with Gasteiger partial charge in [-0.15, -0.1) is 6.58 Å². The highest BCUT2D eigenvalue weighted by molar-refractivity contribution is 6.77. The standard InChI is InChI=1S/C33H48O6Si/c1-8-9-16-21-35-33-31(39-32(34)28-19-14-11-15-20-28)30(36-22-27-17-12-10-13-18-27)29(38-33)23-37-40(24(2)3,25(4)5)26(6)7/h8,10-15,17-20,24-26,29-31,33H,1,9,16,21-23H2,2-7H3/t29-,30-,31+,33+/m1/s1. The molecule has 0 saturated carbocycles. The van der Waals surface area contributed by atoms with Crippen LogP contribution >= 0.6 is 0 Å². The van der Waals surface area contributed by atoms with Crippen LogP contribution in [0, 0.1) is 0 Å². The van der Waals surface area contributed by atoms with E-state index in [1.807, 2.05) is 54.6 Å². The van der Waals surface area contributed by atoms with E-state index in [-0.39, 0.29) is 0 Å². The Bertz CT molecular complexity index is 1000. The van der Waals surface area contributed by atoms with Gasteiger partial charge in [0.2, 0.25) is 0 Å². The normalized spacial score (nSPS) is 21.3. The molecule has 0 spiro atoms. The number of carbonyl (C=O) groups excluding carboxylic acids is 1. The third kappa shape index (κ3) is 8.14. The van der Waals surface area contributed by atoms with E-state index in [9.17, 15) is 4.79 Å². The first kappa shape index (κ1) is 32.2. The summed E-state index contributed by atoms with van der Waals surface area (Å²) < 4.78 is 32.2. The number of carbonyl (C=O) groups is 1. The Hall–Kier alpha value is -2.29. The van der Waals surface area contributed by atoms with Gasteiger partial charge in [0.05, 0.1) is 25.4 Å². The number of ether oxygens (including phenoxy) is 4. The van der Waals surface area contributed by atoms with Gasteiger partial charge in [0.15, 0.2) is 20.7 Å². The smallest absolute Gasteiger partial charge is 0.338 e. The Balaban J connectivity index is 1.89. The Morgan fingerprint density at radius 1 is 0.900 bits per heavy atom. The van der Waals surface area contributed by atoms with Gasteiger partial charge in [-0.25, -0.2) is 4.79 Å². The fourth-order valence-corrected chi connectivity index (χ4v) is 11.4. The van der Waals surface area contributed by atoms with E-state index < -0.39 is 38.9 Å². The second-order valence-electron chi connectivity index (χ2n) is 11.5. The van der Waals surface area contributed by atoms with Crippen molar-refractivity contribution in [1.82, 2.24) is 0 Å². The van der Waals surface area contributed by atoms with E-state index >= 15 is 0 Å². The quantitative estimate of drug-likeness (QED) is 0.0895. The number of esters is 1. The molecule has 6 nitrogen and oxygen atoms in total. The zero-order valence-electron chi connectivity index (χ0n) is 25.1. The molecule has 0 radical (unpaired) electrons. The predicted octanol–water partition coefficient (Wildman–Crippen LogP) is 7.70. The van der Waals surface area contributed by atoms with E-state index in [0.717, 1.165) is 18.4 Å². The highest BCUT2D eigenvalue weighted by atomic mass is 28.4. The molecule has 1 heterocycles. The lowest BCUT2D eigenvalue weighted by Gasteiger charge is -2.43. The molecule has 4 atom stereocenters. The summed E-state index contributed by atoms with van der Waals surface area (Å²) in [6.45, 7) is 18.6. The molecule has 220 valence electrons. The summed E-state index contributed by atoms with van der Waals surface area (Å²) in [7, 11) is -2.17. The van der Waals surface area contributed by atoms with E-state index in [1.54, 1.807) is 12.1 Å². The van der Waals surface area contributed by atoms with Gasteiger partial charge in [-0.3, -0.25) is 0 Å². The fourth-order valence-electron chi connectivity index (χ4n) is 5.97. The molecule has 0 amide bonds. The van der Waals surface area contributed by atoms with Gasteiger partial charge in [0.1, 0.15) is 12.2 Å².